The summed E-state index contributed by atoms with van der Waals surface area (Å²) in [5.74, 6) is -0.165. The standard InChI is InChI=1S/C27H31F3N2O2/c1-18-8-9-19(2)32(18)26(34)31-16-20(15-25(33)22-6-4-3-5-7-22)14-23(17-31)21-10-12-24(13-11-21)27(28,29)30/h3-7,10-13,18-20,23H,8-9,14-17H2,1-2H3/t18-,19-,20?,23?/m1/s1. The zero-order valence-electron chi connectivity index (χ0n) is 19.6. The van der Waals surface area contributed by atoms with Crippen LogP contribution in [0, 0.1) is 5.92 Å². The van der Waals surface area contributed by atoms with E-state index < -0.39 is 11.7 Å². The van der Waals surface area contributed by atoms with Gasteiger partial charge in [0.05, 0.1) is 5.56 Å². The predicted molar refractivity (Wildman–Crippen MR) is 125 cm³/mol. The number of likely N-dealkylation sites (tertiary alicyclic amines) is 2. The lowest BCUT2D eigenvalue weighted by Gasteiger charge is -2.41. The zero-order valence-corrected chi connectivity index (χ0v) is 19.6. The normalized spacial score (nSPS) is 25.4. The van der Waals surface area contributed by atoms with Gasteiger partial charge in [0.15, 0.2) is 5.78 Å². The first-order valence-electron chi connectivity index (χ1n) is 12.0. The third-order valence-corrected chi connectivity index (χ3v) is 7.26. The number of amides is 2. The van der Waals surface area contributed by atoms with Gasteiger partial charge < -0.3 is 9.80 Å². The molecule has 0 spiro atoms. The van der Waals surface area contributed by atoms with Crippen molar-refractivity contribution >= 4 is 11.8 Å². The molecule has 2 aliphatic rings. The largest absolute Gasteiger partial charge is 0.416 e. The molecule has 0 radical (unpaired) electrons. The van der Waals surface area contributed by atoms with Crippen molar-refractivity contribution in [1.29, 1.82) is 0 Å². The Morgan fingerprint density at radius 1 is 0.912 bits per heavy atom. The number of urea groups is 1. The van der Waals surface area contributed by atoms with Crippen LogP contribution in [0.5, 0.6) is 0 Å². The third-order valence-electron chi connectivity index (χ3n) is 7.26. The van der Waals surface area contributed by atoms with Gasteiger partial charge in [-0.3, -0.25) is 4.79 Å². The Morgan fingerprint density at radius 3 is 2.12 bits per heavy atom. The van der Waals surface area contributed by atoms with Crippen LogP contribution in [-0.2, 0) is 6.18 Å². The van der Waals surface area contributed by atoms with E-state index in [4.69, 9.17) is 0 Å². The molecule has 2 aromatic rings. The smallest absolute Gasteiger partial charge is 0.324 e. The summed E-state index contributed by atoms with van der Waals surface area (Å²) in [4.78, 5) is 30.1. The summed E-state index contributed by atoms with van der Waals surface area (Å²) in [6.07, 6.45) is -1.52. The molecule has 2 saturated heterocycles. The summed E-state index contributed by atoms with van der Waals surface area (Å²) in [6.45, 7) is 5.02. The molecule has 2 heterocycles. The average molecular weight is 473 g/mol. The zero-order chi connectivity index (χ0) is 24.5. The molecule has 4 rings (SSSR count). The van der Waals surface area contributed by atoms with Gasteiger partial charge in [-0.2, -0.15) is 13.2 Å². The number of halogens is 3. The SMILES string of the molecule is C[C@@H]1CC[C@@H](C)N1C(=O)N1CC(CC(=O)c2ccccc2)CC(c2ccc(C(F)(F)F)cc2)C1. The van der Waals surface area contributed by atoms with Crippen LogP contribution >= 0.6 is 0 Å². The number of ketones is 1. The topological polar surface area (TPSA) is 40.6 Å². The maximum Gasteiger partial charge on any atom is 0.416 e. The Labute approximate surface area is 198 Å². The molecule has 4 nitrogen and oxygen atoms in total. The number of hydrogen-bond acceptors (Lipinski definition) is 2. The molecule has 0 aliphatic carbocycles. The highest BCUT2D eigenvalue weighted by atomic mass is 19.4. The van der Waals surface area contributed by atoms with Crippen molar-refractivity contribution in [3.8, 4) is 0 Å². The van der Waals surface area contributed by atoms with Crippen molar-refractivity contribution in [3.63, 3.8) is 0 Å². The van der Waals surface area contributed by atoms with E-state index in [-0.39, 0.29) is 35.7 Å². The molecule has 0 bridgehead atoms. The second kappa shape index (κ2) is 9.80. The fourth-order valence-corrected chi connectivity index (χ4v) is 5.43. The van der Waals surface area contributed by atoms with Crippen molar-refractivity contribution in [3.05, 3.63) is 71.3 Å². The summed E-state index contributed by atoms with van der Waals surface area (Å²) >= 11 is 0. The molecule has 0 saturated carbocycles. The average Bonchev–Trinajstić information content (AvgIpc) is 3.16. The van der Waals surface area contributed by atoms with E-state index in [0.29, 0.717) is 31.5 Å². The van der Waals surface area contributed by atoms with Gasteiger partial charge in [0.2, 0.25) is 0 Å². The first kappa shape index (κ1) is 24.3. The molecule has 2 aromatic carbocycles. The monoisotopic (exact) mass is 472 g/mol. The van der Waals surface area contributed by atoms with Crippen LogP contribution in [0.1, 0.15) is 66.9 Å². The number of benzene rings is 2. The molecular weight excluding hydrogens is 441 g/mol. The molecule has 182 valence electrons. The van der Waals surface area contributed by atoms with Gasteiger partial charge in [0.1, 0.15) is 0 Å². The fourth-order valence-electron chi connectivity index (χ4n) is 5.43. The summed E-state index contributed by atoms with van der Waals surface area (Å²) in [5.41, 5.74) is 0.722. The lowest BCUT2D eigenvalue weighted by atomic mass is 9.81. The Morgan fingerprint density at radius 2 is 1.53 bits per heavy atom. The van der Waals surface area contributed by atoms with Crippen molar-refractivity contribution in [2.24, 2.45) is 5.92 Å². The number of nitrogens with zero attached hydrogens (tertiary/aromatic N) is 2. The Bertz CT molecular complexity index is 997. The summed E-state index contributed by atoms with van der Waals surface area (Å²) in [6, 6.07) is 14.6. The van der Waals surface area contributed by atoms with E-state index in [1.807, 2.05) is 28.0 Å². The molecule has 0 aromatic heterocycles. The van der Waals surface area contributed by atoms with Crippen molar-refractivity contribution < 1.29 is 22.8 Å². The first-order chi connectivity index (χ1) is 16.1. The van der Waals surface area contributed by atoms with E-state index in [1.165, 1.54) is 12.1 Å². The lowest BCUT2D eigenvalue weighted by Crippen LogP contribution is -2.52. The van der Waals surface area contributed by atoms with Gasteiger partial charge in [0, 0.05) is 43.1 Å². The number of Topliss-reactive ketones (excluding diaryl/α,β-unsaturated/α-hetero) is 1. The molecule has 2 amide bonds. The highest BCUT2D eigenvalue weighted by molar-refractivity contribution is 5.96. The Hall–Kier alpha value is -2.83. The number of rotatable bonds is 4. The van der Waals surface area contributed by atoms with Crippen LogP contribution in [0.3, 0.4) is 0 Å². The van der Waals surface area contributed by atoms with Gasteiger partial charge in [0.25, 0.3) is 0 Å². The third kappa shape index (κ3) is 5.29. The minimum Gasteiger partial charge on any atom is -0.324 e. The predicted octanol–water partition coefficient (Wildman–Crippen LogP) is 6.38. The Balaban J connectivity index is 1.57. The molecule has 2 unspecified atom stereocenters. The van der Waals surface area contributed by atoms with Crippen LogP contribution < -0.4 is 0 Å². The van der Waals surface area contributed by atoms with Gasteiger partial charge in [-0.25, -0.2) is 4.79 Å². The molecule has 7 heteroatoms. The quantitative estimate of drug-likeness (QED) is 0.485. The Kier molecular flexibility index (Phi) is 7.01. The molecular formula is C27H31F3N2O2. The minimum atomic E-state index is -4.39. The van der Waals surface area contributed by atoms with E-state index in [0.717, 1.165) is 30.5 Å². The maximum absolute atomic E-state index is 13.5. The second-order valence-electron chi connectivity index (χ2n) is 9.78. The number of carbonyl (C=O) groups excluding carboxylic acids is 2. The number of carbonyl (C=O) groups is 2. The number of piperidine rings is 1. The summed E-state index contributed by atoms with van der Waals surface area (Å²) in [5, 5.41) is 0. The lowest BCUT2D eigenvalue weighted by molar-refractivity contribution is -0.137. The van der Waals surface area contributed by atoms with Crippen LogP contribution in [0.15, 0.2) is 54.6 Å². The highest BCUT2D eigenvalue weighted by Crippen LogP contribution is 2.36. The van der Waals surface area contributed by atoms with Gasteiger partial charge >= 0.3 is 12.2 Å². The van der Waals surface area contributed by atoms with Gasteiger partial charge in [-0.15, -0.1) is 0 Å². The van der Waals surface area contributed by atoms with Crippen LogP contribution in [0.25, 0.3) is 0 Å². The molecule has 4 atom stereocenters. The molecule has 34 heavy (non-hydrogen) atoms. The molecule has 0 N–H and O–H groups in total. The van der Waals surface area contributed by atoms with E-state index in [1.54, 1.807) is 12.1 Å². The van der Waals surface area contributed by atoms with Gasteiger partial charge in [-0.05, 0) is 56.7 Å². The summed E-state index contributed by atoms with van der Waals surface area (Å²) < 4.78 is 39.1. The molecule has 2 aliphatic heterocycles. The first-order valence-corrected chi connectivity index (χ1v) is 12.0. The molecule has 2 fully saturated rings. The van der Waals surface area contributed by atoms with Crippen molar-refractivity contribution in [1.82, 2.24) is 9.80 Å². The fraction of sp³-hybridized carbons (Fsp3) is 0.481. The van der Waals surface area contributed by atoms with Gasteiger partial charge in [-0.1, -0.05) is 42.5 Å². The van der Waals surface area contributed by atoms with Crippen molar-refractivity contribution in [2.45, 2.75) is 63.7 Å². The number of alkyl halides is 3. The van der Waals surface area contributed by atoms with E-state index >= 15 is 0 Å². The minimum absolute atomic E-state index is 0.0222. The number of hydrogen-bond donors (Lipinski definition) is 0. The van der Waals surface area contributed by atoms with Crippen LogP contribution in [0.2, 0.25) is 0 Å². The van der Waals surface area contributed by atoms with Crippen molar-refractivity contribution in [2.75, 3.05) is 13.1 Å². The van der Waals surface area contributed by atoms with E-state index in [2.05, 4.69) is 13.8 Å². The van der Waals surface area contributed by atoms with Crippen LogP contribution in [0.4, 0.5) is 18.0 Å². The highest BCUT2D eigenvalue weighted by Gasteiger charge is 2.39. The van der Waals surface area contributed by atoms with Crippen LogP contribution in [-0.4, -0.2) is 46.8 Å². The van der Waals surface area contributed by atoms with E-state index in [9.17, 15) is 22.8 Å². The maximum atomic E-state index is 13.5. The summed E-state index contributed by atoms with van der Waals surface area (Å²) in [7, 11) is 0. The second-order valence-corrected chi connectivity index (χ2v) is 9.78.